The van der Waals surface area contributed by atoms with Gasteiger partial charge >= 0.3 is 0 Å². The fraction of sp³-hybridized carbons (Fsp3) is 0.444. The van der Waals surface area contributed by atoms with Crippen LogP contribution < -0.4 is 10.2 Å². The van der Waals surface area contributed by atoms with Crippen LogP contribution in [0, 0.1) is 6.92 Å². The molecule has 0 aromatic carbocycles. The van der Waals surface area contributed by atoms with Crippen LogP contribution in [0.1, 0.15) is 24.6 Å². The van der Waals surface area contributed by atoms with E-state index in [1.165, 1.54) is 0 Å². The maximum absolute atomic E-state index is 12.1. The Morgan fingerprint density at radius 3 is 2.64 bits per heavy atom. The lowest BCUT2D eigenvalue weighted by atomic mass is 10.2. The Bertz CT molecular complexity index is 1060. The largest absolute Gasteiger partial charge is 0.378 e. The molecule has 2 aliphatic rings. The van der Waals surface area contributed by atoms with Crippen molar-refractivity contribution < 1.29 is 9.53 Å². The van der Waals surface area contributed by atoms with Crippen molar-refractivity contribution in [2.24, 2.45) is 0 Å². The Hall–Kier alpha value is -3.14. The Morgan fingerprint density at radius 1 is 1.14 bits per heavy atom. The Balaban J connectivity index is 1.74. The summed E-state index contributed by atoms with van der Waals surface area (Å²) in [6.45, 7) is 6.68. The predicted octanol–water partition coefficient (Wildman–Crippen LogP) is 0.619. The number of rotatable bonds is 2. The molecule has 28 heavy (non-hydrogen) atoms. The van der Waals surface area contributed by atoms with Crippen molar-refractivity contribution in [3.63, 3.8) is 0 Å². The Morgan fingerprint density at radius 2 is 1.89 bits per heavy atom. The summed E-state index contributed by atoms with van der Waals surface area (Å²) in [5.74, 6) is 2.70. The first-order valence-corrected chi connectivity index (χ1v) is 9.29. The van der Waals surface area contributed by atoms with Gasteiger partial charge in [0.05, 0.1) is 24.8 Å². The van der Waals surface area contributed by atoms with Crippen molar-refractivity contribution in [1.82, 2.24) is 34.8 Å². The highest BCUT2D eigenvalue weighted by Gasteiger charge is 2.29. The van der Waals surface area contributed by atoms with E-state index >= 15 is 0 Å². The minimum absolute atomic E-state index is 0.0500. The molecule has 0 aliphatic carbocycles. The number of amides is 1. The predicted molar refractivity (Wildman–Crippen MR) is 101 cm³/mol. The summed E-state index contributed by atoms with van der Waals surface area (Å²) in [5, 5.41) is 2.92. The van der Waals surface area contributed by atoms with Gasteiger partial charge in [0.15, 0.2) is 22.8 Å². The van der Waals surface area contributed by atoms with E-state index in [9.17, 15) is 4.79 Å². The molecule has 144 valence electrons. The maximum Gasteiger partial charge on any atom is 0.240 e. The van der Waals surface area contributed by atoms with E-state index in [1.807, 2.05) is 18.4 Å². The number of hydrogen-bond acceptors (Lipinski definition) is 8. The number of aryl methyl sites for hydroxylation is 1. The molecule has 1 amide bonds. The van der Waals surface area contributed by atoms with Crippen LogP contribution >= 0.6 is 0 Å². The molecule has 0 bridgehead atoms. The zero-order valence-electron chi connectivity index (χ0n) is 15.7. The van der Waals surface area contributed by atoms with Crippen LogP contribution in [0.3, 0.4) is 0 Å². The monoisotopic (exact) mass is 380 g/mol. The first kappa shape index (κ1) is 17.0. The van der Waals surface area contributed by atoms with Gasteiger partial charge in [-0.2, -0.15) is 0 Å². The van der Waals surface area contributed by atoms with Gasteiger partial charge in [-0.1, -0.05) is 0 Å². The van der Waals surface area contributed by atoms with Crippen LogP contribution in [0.15, 0.2) is 12.4 Å². The molecule has 2 aliphatic heterocycles. The smallest absolute Gasteiger partial charge is 0.240 e. The zero-order valence-corrected chi connectivity index (χ0v) is 15.7. The molecule has 1 N–H and O–H groups in total. The third-order valence-electron chi connectivity index (χ3n) is 5.02. The fourth-order valence-electron chi connectivity index (χ4n) is 3.62. The van der Waals surface area contributed by atoms with Gasteiger partial charge in [0.2, 0.25) is 5.91 Å². The summed E-state index contributed by atoms with van der Waals surface area (Å²) < 4.78 is 7.37. The van der Waals surface area contributed by atoms with Gasteiger partial charge in [-0.3, -0.25) is 4.79 Å². The lowest BCUT2D eigenvalue weighted by Crippen LogP contribution is -2.37. The SMILES string of the molecule is Cc1ncc(-c2nc(N3CCOCC3)c3nc4n(c3n2)CC(=O)NC4C)cn1. The number of imidazole rings is 1. The van der Waals surface area contributed by atoms with Crippen LogP contribution in [0.4, 0.5) is 5.82 Å². The number of carbonyl (C=O) groups is 1. The third-order valence-corrected chi connectivity index (χ3v) is 5.02. The third kappa shape index (κ3) is 2.76. The number of nitrogens with one attached hydrogen (secondary N) is 1. The number of fused-ring (bicyclic) bond motifs is 3. The average molecular weight is 380 g/mol. The summed E-state index contributed by atoms with van der Waals surface area (Å²) in [7, 11) is 0. The van der Waals surface area contributed by atoms with Crippen LogP contribution in [0.25, 0.3) is 22.6 Å². The number of anilines is 1. The number of aromatic nitrogens is 6. The molecule has 0 radical (unpaired) electrons. The van der Waals surface area contributed by atoms with Crippen LogP contribution in [0.5, 0.6) is 0 Å². The van der Waals surface area contributed by atoms with Gasteiger partial charge in [0, 0.05) is 25.5 Å². The summed E-state index contributed by atoms with van der Waals surface area (Å²) in [6, 6.07) is -0.181. The van der Waals surface area contributed by atoms with E-state index in [0.29, 0.717) is 36.0 Å². The summed E-state index contributed by atoms with van der Waals surface area (Å²) in [5.41, 5.74) is 2.09. The lowest BCUT2D eigenvalue weighted by Gasteiger charge is -2.28. The van der Waals surface area contributed by atoms with Crippen LogP contribution in [-0.2, 0) is 16.1 Å². The standard InChI is InChI=1S/C18H20N8O2/c1-10-16-22-14-17(25-3-5-28-6-4-25)23-15(12-7-19-11(2)20-8-12)24-18(14)26(16)9-13(27)21-10/h7-8,10H,3-6,9H2,1-2H3,(H,21,27). The van der Waals surface area contributed by atoms with E-state index in [1.54, 1.807) is 12.4 Å². The van der Waals surface area contributed by atoms with E-state index in [2.05, 4.69) is 20.2 Å². The highest BCUT2D eigenvalue weighted by atomic mass is 16.5. The maximum atomic E-state index is 12.1. The molecule has 5 rings (SSSR count). The Labute approximate surface area is 161 Å². The van der Waals surface area contributed by atoms with Gasteiger partial charge in [-0.25, -0.2) is 24.9 Å². The van der Waals surface area contributed by atoms with Gasteiger partial charge in [-0.15, -0.1) is 0 Å². The molecule has 10 nitrogen and oxygen atoms in total. The lowest BCUT2D eigenvalue weighted by molar-refractivity contribution is -0.123. The minimum atomic E-state index is -0.181. The molecule has 5 heterocycles. The van der Waals surface area contributed by atoms with E-state index in [-0.39, 0.29) is 18.5 Å². The molecule has 1 unspecified atom stereocenters. The number of ether oxygens (including phenoxy) is 1. The molecule has 3 aromatic rings. The normalized spacial score (nSPS) is 19.6. The number of morpholine rings is 1. The average Bonchev–Trinajstić information content (AvgIpc) is 3.07. The first-order chi connectivity index (χ1) is 13.6. The van der Waals surface area contributed by atoms with Crippen molar-refractivity contribution in [2.45, 2.75) is 26.4 Å². The van der Waals surface area contributed by atoms with Crippen LogP contribution in [-0.4, -0.2) is 61.7 Å². The second kappa shape index (κ2) is 6.48. The quantitative estimate of drug-likeness (QED) is 0.689. The van der Waals surface area contributed by atoms with Gasteiger partial charge < -0.3 is 19.5 Å². The second-order valence-corrected chi connectivity index (χ2v) is 7.01. The summed E-state index contributed by atoms with van der Waals surface area (Å²) >= 11 is 0. The molecule has 1 fully saturated rings. The fourth-order valence-corrected chi connectivity index (χ4v) is 3.62. The van der Waals surface area contributed by atoms with Gasteiger partial charge in [-0.05, 0) is 13.8 Å². The number of carbonyl (C=O) groups excluding carboxylic acids is 1. The highest BCUT2D eigenvalue weighted by molar-refractivity contribution is 5.88. The van der Waals surface area contributed by atoms with Crippen LogP contribution in [0.2, 0.25) is 0 Å². The van der Waals surface area contributed by atoms with Crippen molar-refractivity contribution >= 4 is 22.9 Å². The minimum Gasteiger partial charge on any atom is -0.378 e. The molecular formula is C18H20N8O2. The topological polar surface area (TPSA) is 111 Å². The molecule has 10 heteroatoms. The van der Waals surface area contributed by atoms with E-state index in [0.717, 1.165) is 30.3 Å². The Kier molecular flexibility index (Phi) is 3.93. The van der Waals surface area contributed by atoms with E-state index < -0.39 is 0 Å². The van der Waals surface area contributed by atoms with Gasteiger partial charge in [0.1, 0.15) is 18.2 Å². The van der Waals surface area contributed by atoms with Gasteiger partial charge in [0.25, 0.3) is 0 Å². The zero-order chi connectivity index (χ0) is 19.3. The van der Waals surface area contributed by atoms with Crippen molar-refractivity contribution in [3.05, 3.63) is 24.0 Å². The molecule has 0 saturated carbocycles. The van der Waals surface area contributed by atoms with Crippen molar-refractivity contribution in [3.8, 4) is 11.4 Å². The highest BCUT2D eigenvalue weighted by Crippen LogP contribution is 2.31. The first-order valence-electron chi connectivity index (χ1n) is 9.29. The molecular weight excluding hydrogens is 360 g/mol. The van der Waals surface area contributed by atoms with Crippen molar-refractivity contribution in [2.75, 3.05) is 31.2 Å². The number of hydrogen-bond donors (Lipinski definition) is 1. The molecule has 1 atom stereocenters. The summed E-state index contributed by atoms with van der Waals surface area (Å²) in [6.07, 6.45) is 3.44. The summed E-state index contributed by atoms with van der Waals surface area (Å²) in [4.78, 5) is 37.2. The molecule has 3 aromatic heterocycles. The molecule has 1 saturated heterocycles. The molecule has 0 spiro atoms. The van der Waals surface area contributed by atoms with Crippen molar-refractivity contribution in [1.29, 1.82) is 0 Å². The number of nitrogens with zero attached hydrogens (tertiary/aromatic N) is 7. The second-order valence-electron chi connectivity index (χ2n) is 7.01. The van der Waals surface area contributed by atoms with E-state index in [4.69, 9.17) is 19.7 Å².